The van der Waals surface area contributed by atoms with Crippen LogP contribution in [0.4, 0.5) is 5.69 Å². The third-order valence-corrected chi connectivity index (χ3v) is 8.69. The molecule has 0 aromatic heterocycles. The molecule has 12 heteroatoms. The van der Waals surface area contributed by atoms with E-state index in [1.165, 1.54) is 31.4 Å². The van der Waals surface area contributed by atoms with Crippen LogP contribution in [0.5, 0.6) is 5.75 Å². The topological polar surface area (TPSA) is 156 Å². The lowest BCUT2D eigenvalue weighted by Gasteiger charge is -2.16. The number of aromatic carboxylic acids is 1. The molecule has 2 aromatic rings. The van der Waals surface area contributed by atoms with Gasteiger partial charge in [0.05, 0.1) is 34.8 Å². The van der Waals surface area contributed by atoms with Crippen molar-refractivity contribution in [2.45, 2.75) is 31.2 Å². The molecule has 1 aliphatic rings. The van der Waals surface area contributed by atoms with Gasteiger partial charge in [0.1, 0.15) is 5.75 Å². The highest BCUT2D eigenvalue weighted by Crippen LogP contribution is 2.30. The van der Waals surface area contributed by atoms with E-state index < -0.39 is 37.8 Å². The van der Waals surface area contributed by atoms with Crippen LogP contribution in [-0.4, -0.2) is 58.5 Å². The number of amides is 1. The third kappa shape index (κ3) is 5.45. The maximum atomic E-state index is 13.1. The molecule has 1 heterocycles. The van der Waals surface area contributed by atoms with E-state index in [0.717, 1.165) is 6.07 Å². The highest BCUT2D eigenvalue weighted by molar-refractivity contribution is 7.92. The van der Waals surface area contributed by atoms with Gasteiger partial charge in [-0.2, -0.15) is 0 Å². The number of methoxy groups -OCH3 is 1. The summed E-state index contributed by atoms with van der Waals surface area (Å²) in [6.45, 7) is 3.17. The molecule has 0 spiro atoms. The van der Waals surface area contributed by atoms with E-state index in [9.17, 15) is 31.5 Å². The zero-order valence-corrected chi connectivity index (χ0v) is 19.8. The summed E-state index contributed by atoms with van der Waals surface area (Å²) in [4.78, 5) is 23.8. The molecule has 2 aromatic carbocycles. The van der Waals surface area contributed by atoms with Crippen LogP contribution in [0.2, 0.25) is 0 Å². The number of carboxylic acid groups (broad SMARTS) is 1. The predicted molar refractivity (Wildman–Crippen MR) is 121 cm³/mol. The largest absolute Gasteiger partial charge is 0.495 e. The monoisotopic (exact) mass is 496 g/mol. The average Bonchev–Trinajstić information content (AvgIpc) is 3.07. The number of carbonyl (C=O) groups excluding carboxylic acids is 1. The number of ether oxygens (including phenoxy) is 1. The quantitative estimate of drug-likeness (QED) is 0.523. The number of sulfonamides is 1. The van der Waals surface area contributed by atoms with Crippen molar-refractivity contribution in [1.82, 2.24) is 5.32 Å². The molecule has 0 unspecified atom stereocenters. The van der Waals surface area contributed by atoms with Gasteiger partial charge in [-0.05, 0) is 61.7 Å². The first-order valence-electron chi connectivity index (χ1n) is 9.89. The molecule has 3 rings (SSSR count). The van der Waals surface area contributed by atoms with E-state index in [2.05, 4.69) is 10.0 Å². The molecule has 0 radical (unpaired) electrons. The summed E-state index contributed by atoms with van der Waals surface area (Å²) in [7, 11) is -6.09. The third-order valence-electron chi connectivity index (χ3n) is 5.43. The van der Waals surface area contributed by atoms with Crippen molar-refractivity contribution < 1.29 is 36.3 Å². The lowest BCUT2D eigenvalue weighted by molar-refractivity contribution is 0.0696. The Balaban J connectivity index is 1.93. The van der Waals surface area contributed by atoms with E-state index in [0.29, 0.717) is 17.5 Å². The van der Waals surface area contributed by atoms with E-state index >= 15 is 0 Å². The fraction of sp³-hybridized carbons (Fsp3) is 0.333. The predicted octanol–water partition coefficient (Wildman–Crippen LogP) is 1.73. The van der Waals surface area contributed by atoms with Crippen LogP contribution >= 0.6 is 0 Å². The fourth-order valence-corrected chi connectivity index (χ4v) is 6.61. The lowest BCUT2D eigenvalue weighted by Crippen LogP contribution is -2.35. The molecule has 0 saturated carbocycles. The number of hydrogen-bond acceptors (Lipinski definition) is 7. The van der Waals surface area contributed by atoms with Crippen molar-refractivity contribution in [3.63, 3.8) is 0 Å². The number of carbonyl (C=O) groups is 2. The van der Waals surface area contributed by atoms with E-state index in [1.807, 2.05) is 0 Å². The zero-order chi connectivity index (χ0) is 24.6. The van der Waals surface area contributed by atoms with Gasteiger partial charge in [0.15, 0.2) is 9.84 Å². The first-order valence-corrected chi connectivity index (χ1v) is 13.2. The Kier molecular flexibility index (Phi) is 6.70. The van der Waals surface area contributed by atoms with Crippen LogP contribution in [0.3, 0.4) is 0 Å². The Morgan fingerprint density at radius 2 is 1.82 bits per heavy atom. The SMILES string of the molecule is COc1ccc(C(=O)N[C@@H]2CCS(=O)(=O)C2)cc1NS(=O)(=O)c1cc(C(=O)O)cc(C)c1C. The lowest BCUT2D eigenvalue weighted by atomic mass is 10.1. The second-order valence-electron chi connectivity index (χ2n) is 7.82. The van der Waals surface area contributed by atoms with Crippen LogP contribution in [0, 0.1) is 13.8 Å². The van der Waals surface area contributed by atoms with Crippen molar-refractivity contribution in [3.8, 4) is 5.75 Å². The van der Waals surface area contributed by atoms with Crippen LogP contribution in [0.25, 0.3) is 0 Å². The molecule has 1 saturated heterocycles. The molecule has 1 fully saturated rings. The Morgan fingerprint density at radius 3 is 2.39 bits per heavy atom. The van der Waals surface area contributed by atoms with Gasteiger partial charge in [0.25, 0.3) is 15.9 Å². The zero-order valence-electron chi connectivity index (χ0n) is 18.2. The van der Waals surface area contributed by atoms with Crippen molar-refractivity contribution in [3.05, 3.63) is 52.6 Å². The Hall–Kier alpha value is -3.12. The fourth-order valence-electron chi connectivity index (χ4n) is 3.54. The van der Waals surface area contributed by atoms with Crippen molar-refractivity contribution in [2.75, 3.05) is 23.3 Å². The van der Waals surface area contributed by atoms with Crippen molar-refractivity contribution in [2.24, 2.45) is 0 Å². The molecule has 10 nitrogen and oxygen atoms in total. The average molecular weight is 497 g/mol. The molecule has 1 amide bonds. The molecule has 178 valence electrons. The number of hydrogen-bond donors (Lipinski definition) is 3. The molecule has 33 heavy (non-hydrogen) atoms. The molecular weight excluding hydrogens is 472 g/mol. The summed E-state index contributed by atoms with van der Waals surface area (Å²) in [6, 6.07) is 6.04. The summed E-state index contributed by atoms with van der Waals surface area (Å²) in [6.07, 6.45) is 0.308. The van der Waals surface area contributed by atoms with Gasteiger partial charge < -0.3 is 15.2 Å². The summed E-state index contributed by atoms with van der Waals surface area (Å²) in [5, 5.41) is 11.9. The number of benzene rings is 2. The second kappa shape index (κ2) is 9.02. The minimum absolute atomic E-state index is 0.000215. The normalized spacial score (nSPS) is 17.4. The van der Waals surface area contributed by atoms with Gasteiger partial charge in [-0.3, -0.25) is 9.52 Å². The summed E-state index contributed by atoms with van der Waals surface area (Å²) < 4.78 is 57.1. The molecule has 1 atom stereocenters. The summed E-state index contributed by atoms with van der Waals surface area (Å²) in [5.74, 6) is -1.82. The van der Waals surface area contributed by atoms with Crippen LogP contribution in [0.15, 0.2) is 35.2 Å². The number of anilines is 1. The van der Waals surface area contributed by atoms with Crippen molar-refractivity contribution >= 4 is 37.4 Å². The van der Waals surface area contributed by atoms with E-state index in [-0.39, 0.29) is 39.0 Å². The second-order valence-corrected chi connectivity index (χ2v) is 11.7. The number of rotatable bonds is 7. The number of sulfone groups is 1. The minimum Gasteiger partial charge on any atom is -0.495 e. The minimum atomic E-state index is -4.24. The number of carboxylic acids is 1. The maximum Gasteiger partial charge on any atom is 0.335 e. The van der Waals surface area contributed by atoms with Gasteiger partial charge in [-0.25, -0.2) is 21.6 Å². The maximum absolute atomic E-state index is 13.1. The standard InChI is InChI=1S/C21H24N2O8S2/c1-12-8-15(21(25)26)10-19(13(12)2)33(29,30)23-17-9-14(4-5-18(17)31-3)20(24)22-16-6-7-32(27,28)11-16/h4-5,8-10,16,23H,6-7,11H2,1-3H3,(H,22,24)(H,25,26)/t16-/m1/s1. The van der Waals surface area contributed by atoms with Crippen molar-refractivity contribution in [1.29, 1.82) is 0 Å². The van der Waals surface area contributed by atoms with E-state index in [4.69, 9.17) is 4.74 Å². The molecular formula is C21H24N2O8S2. The van der Waals surface area contributed by atoms with Crippen LogP contribution < -0.4 is 14.8 Å². The van der Waals surface area contributed by atoms with Crippen LogP contribution in [-0.2, 0) is 19.9 Å². The first-order chi connectivity index (χ1) is 15.3. The van der Waals surface area contributed by atoms with Gasteiger partial charge in [-0.1, -0.05) is 0 Å². The number of aryl methyl sites for hydroxylation is 1. The Bertz CT molecular complexity index is 1330. The van der Waals surface area contributed by atoms with Gasteiger partial charge in [0, 0.05) is 11.6 Å². The first kappa shape index (κ1) is 24.5. The highest BCUT2D eigenvalue weighted by Gasteiger charge is 2.29. The Labute approximate surface area is 191 Å². The molecule has 3 N–H and O–H groups in total. The number of nitrogens with one attached hydrogen (secondary N) is 2. The molecule has 0 bridgehead atoms. The van der Waals surface area contributed by atoms with E-state index in [1.54, 1.807) is 13.8 Å². The van der Waals surface area contributed by atoms with Gasteiger partial charge in [0.2, 0.25) is 0 Å². The van der Waals surface area contributed by atoms with Gasteiger partial charge >= 0.3 is 5.97 Å². The Morgan fingerprint density at radius 1 is 1.12 bits per heavy atom. The summed E-state index contributed by atoms with van der Waals surface area (Å²) >= 11 is 0. The highest BCUT2D eigenvalue weighted by atomic mass is 32.2. The molecule has 1 aliphatic heterocycles. The smallest absolute Gasteiger partial charge is 0.335 e. The van der Waals surface area contributed by atoms with Crippen LogP contribution in [0.1, 0.15) is 38.3 Å². The summed E-state index contributed by atoms with van der Waals surface area (Å²) in [5.41, 5.74) is 0.765. The van der Waals surface area contributed by atoms with Gasteiger partial charge in [-0.15, -0.1) is 0 Å². The molecule has 0 aliphatic carbocycles.